The normalized spacial score (nSPS) is 14.4. The fourth-order valence-corrected chi connectivity index (χ4v) is 4.88. The Hall–Kier alpha value is -3.72. The van der Waals surface area contributed by atoms with Gasteiger partial charge in [0.2, 0.25) is 0 Å². The highest BCUT2D eigenvalue weighted by Gasteiger charge is 2.30. The summed E-state index contributed by atoms with van der Waals surface area (Å²) in [7, 11) is 0. The van der Waals surface area contributed by atoms with E-state index < -0.39 is 107 Å². The fourth-order valence-electron chi connectivity index (χ4n) is 4.43. The van der Waals surface area contributed by atoms with Crippen molar-refractivity contribution >= 4 is 73.7 Å². The lowest BCUT2D eigenvalue weighted by Gasteiger charge is -2.24. The number of ether oxygens (including phenoxy) is 6. The van der Waals surface area contributed by atoms with Crippen molar-refractivity contribution in [1.29, 1.82) is 0 Å². The lowest BCUT2D eigenvalue weighted by atomic mass is 10.3. The van der Waals surface area contributed by atoms with Crippen LogP contribution in [0.2, 0.25) is 0 Å². The second-order valence-electron chi connectivity index (χ2n) is 12.3. The Bertz CT molecular complexity index is 1400. The van der Waals surface area contributed by atoms with Crippen LogP contribution in [0.3, 0.4) is 0 Å². The summed E-state index contributed by atoms with van der Waals surface area (Å²) in [6.07, 6.45) is -5.81. The summed E-state index contributed by atoms with van der Waals surface area (Å²) in [5.74, 6) is -5.27. The monoisotopic (exact) mass is 825 g/mol. The zero-order chi connectivity index (χ0) is 41.1. The van der Waals surface area contributed by atoms with Crippen molar-refractivity contribution in [3.63, 3.8) is 0 Å². The molecule has 6 atom stereocenters. The first-order valence-electron chi connectivity index (χ1n) is 17.5. The molecule has 0 bridgehead atoms. The average molecular weight is 826 g/mol. The van der Waals surface area contributed by atoms with Crippen LogP contribution >= 0.6 is 37.9 Å². The molecular formula is C33H51N3O15S3. The number of esters is 6. The molecule has 1 rings (SSSR count). The van der Waals surface area contributed by atoms with Crippen LogP contribution in [0.5, 0.6) is 0 Å². The molecule has 1 aromatic heterocycles. The molecule has 21 heteroatoms. The van der Waals surface area contributed by atoms with Crippen LogP contribution < -0.4 is 17.1 Å². The van der Waals surface area contributed by atoms with Crippen molar-refractivity contribution in [3.05, 3.63) is 31.5 Å². The van der Waals surface area contributed by atoms with E-state index in [9.17, 15) is 43.2 Å². The second kappa shape index (κ2) is 24.6. The quantitative estimate of drug-likeness (QED) is 0.0587. The van der Waals surface area contributed by atoms with E-state index in [1.54, 1.807) is 41.5 Å². The van der Waals surface area contributed by atoms with E-state index in [2.05, 4.69) is 37.9 Å². The van der Waals surface area contributed by atoms with E-state index in [1.165, 1.54) is 0 Å². The van der Waals surface area contributed by atoms with Gasteiger partial charge in [0.05, 0.1) is 19.3 Å². The molecule has 0 radical (unpaired) electrons. The van der Waals surface area contributed by atoms with Crippen LogP contribution in [0.1, 0.15) is 99.3 Å². The molecule has 0 spiro atoms. The van der Waals surface area contributed by atoms with Gasteiger partial charge in [-0.2, -0.15) is 37.9 Å². The summed E-state index contributed by atoms with van der Waals surface area (Å²) in [6, 6.07) is 0. The third-order valence-electron chi connectivity index (χ3n) is 6.71. The van der Waals surface area contributed by atoms with Gasteiger partial charge in [-0.15, -0.1) is 0 Å². The zero-order valence-electron chi connectivity index (χ0n) is 31.3. The minimum atomic E-state index is -1.88. The maximum absolute atomic E-state index is 14.0. The van der Waals surface area contributed by atoms with Gasteiger partial charge in [-0.25, -0.2) is 28.1 Å². The highest BCUT2D eigenvalue weighted by molar-refractivity contribution is 7.81. The van der Waals surface area contributed by atoms with Gasteiger partial charge < -0.3 is 28.4 Å². The van der Waals surface area contributed by atoms with Gasteiger partial charge in [0.1, 0.15) is 19.6 Å². The smallest absolute Gasteiger partial charge is 0.336 e. The molecule has 1 aromatic rings. The predicted molar refractivity (Wildman–Crippen MR) is 201 cm³/mol. The lowest BCUT2D eigenvalue weighted by molar-refractivity contribution is -0.191. The molecule has 0 saturated heterocycles. The first-order valence-corrected chi connectivity index (χ1v) is 19.0. The molecule has 54 heavy (non-hydrogen) atoms. The SMILES string of the molecule is CCCC(=O)OC(Cn1c(=O)n(CC(OC(=O)CCC)OC(=O)CC(C)S)c(=O)n(CC(OC(=O)CCC)OC(=O)CC(C)S)c1=O)OC(=O)CC(C)S. The molecule has 0 amide bonds. The van der Waals surface area contributed by atoms with Crippen LogP contribution in [0, 0.1) is 0 Å². The summed E-state index contributed by atoms with van der Waals surface area (Å²) in [5, 5.41) is -1.48. The number of hydrogen-bond acceptors (Lipinski definition) is 18. The Labute approximate surface area is 328 Å². The van der Waals surface area contributed by atoms with E-state index in [4.69, 9.17) is 28.4 Å². The third-order valence-corrected chi connectivity index (χ3v) is 7.25. The predicted octanol–water partition coefficient (Wildman–Crippen LogP) is 1.93. The first kappa shape index (κ1) is 48.3. The molecular weight excluding hydrogens is 775 g/mol. The minimum Gasteiger partial charge on any atom is -0.423 e. The minimum absolute atomic E-state index is 0.127. The second-order valence-corrected chi connectivity index (χ2v) is 15.0. The van der Waals surface area contributed by atoms with E-state index in [1.807, 2.05) is 0 Å². The molecule has 0 N–H and O–H groups in total. The number of aromatic nitrogens is 3. The van der Waals surface area contributed by atoms with Crippen molar-refractivity contribution in [2.75, 3.05) is 0 Å². The van der Waals surface area contributed by atoms with Crippen LogP contribution in [-0.4, -0.2) is 84.1 Å². The maximum atomic E-state index is 14.0. The Morgan fingerprint density at radius 3 is 0.833 bits per heavy atom. The van der Waals surface area contributed by atoms with Gasteiger partial charge in [0, 0.05) is 35.0 Å². The van der Waals surface area contributed by atoms with Crippen LogP contribution in [-0.2, 0) is 76.8 Å². The fraction of sp³-hybridized carbons (Fsp3) is 0.727. The summed E-state index contributed by atoms with van der Waals surface area (Å²) in [5.41, 5.74) is -4.19. The number of hydrogen-bond donors (Lipinski definition) is 3. The van der Waals surface area contributed by atoms with Gasteiger partial charge in [-0.1, -0.05) is 41.5 Å². The summed E-state index contributed by atoms with van der Waals surface area (Å²) in [6.45, 7) is 6.88. The van der Waals surface area contributed by atoms with Crippen molar-refractivity contribution < 1.29 is 57.2 Å². The molecule has 1 heterocycles. The average Bonchev–Trinajstić information content (AvgIpc) is 3.02. The molecule has 0 aliphatic heterocycles. The summed E-state index contributed by atoms with van der Waals surface area (Å²) < 4.78 is 32.8. The molecule has 0 aliphatic rings. The molecule has 0 saturated carbocycles. The van der Waals surface area contributed by atoms with Gasteiger partial charge >= 0.3 is 52.9 Å². The number of rotatable bonds is 24. The Kier molecular flexibility index (Phi) is 22.0. The Morgan fingerprint density at radius 2 is 0.648 bits per heavy atom. The molecule has 18 nitrogen and oxygen atoms in total. The highest BCUT2D eigenvalue weighted by atomic mass is 32.1. The molecule has 0 fully saturated rings. The van der Waals surface area contributed by atoms with E-state index in [0.29, 0.717) is 33.0 Å². The summed E-state index contributed by atoms with van der Waals surface area (Å²) in [4.78, 5) is 117. The first-order chi connectivity index (χ1) is 25.3. The van der Waals surface area contributed by atoms with E-state index in [-0.39, 0.29) is 38.5 Å². The largest absolute Gasteiger partial charge is 0.423 e. The van der Waals surface area contributed by atoms with Crippen molar-refractivity contribution in [2.24, 2.45) is 0 Å². The van der Waals surface area contributed by atoms with Crippen molar-refractivity contribution in [1.82, 2.24) is 13.7 Å². The number of carbonyl (C=O) groups excluding carboxylic acids is 6. The molecule has 0 aromatic carbocycles. The molecule has 6 unspecified atom stereocenters. The van der Waals surface area contributed by atoms with Gasteiger partial charge in [-0.05, 0) is 19.3 Å². The number of nitrogens with zero attached hydrogens (tertiary/aromatic N) is 3. The number of thiol groups is 3. The standard InChI is InChI=1S/C33H51N3O15S3/c1-7-10-22(37)46-28(49-25(40)13-19(4)52)16-34-31(43)35(17-29(47-23(38)11-8-2)50-26(41)14-20(5)53)33(45)36(32(34)44)18-30(48-24(39)12-9-3)51-27(42)15-21(6)54/h19-21,28-30,52-54H,7-18H2,1-6H3. The Balaban J connectivity index is 4.03. The van der Waals surface area contributed by atoms with Gasteiger partial charge in [-0.3, -0.25) is 28.8 Å². The third kappa shape index (κ3) is 18.1. The van der Waals surface area contributed by atoms with Crippen LogP contribution in [0.4, 0.5) is 0 Å². The van der Waals surface area contributed by atoms with E-state index >= 15 is 0 Å². The van der Waals surface area contributed by atoms with Crippen LogP contribution in [0.15, 0.2) is 14.4 Å². The summed E-state index contributed by atoms with van der Waals surface area (Å²) >= 11 is 12.4. The van der Waals surface area contributed by atoms with Gasteiger partial charge in [0.25, 0.3) is 18.9 Å². The van der Waals surface area contributed by atoms with Crippen molar-refractivity contribution in [2.45, 2.75) is 154 Å². The lowest BCUT2D eigenvalue weighted by Crippen LogP contribution is -2.58. The maximum Gasteiger partial charge on any atom is 0.336 e. The topological polar surface area (TPSA) is 224 Å². The molecule has 306 valence electrons. The zero-order valence-corrected chi connectivity index (χ0v) is 33.9. The van der Waals surface area contributed by atoms with Crippen LogP contribution in [0.25, 0.3) is 0 Å². The van der Waals surface area contributed by atoms with Crippen molar-refractivity contribution in [3.8, 4) is 0 Å². The Morgan fingerprint density at radius 1 is 0.444 bits per heavy atom. The highest BCUT2D eigenvalue weighted by Crippen LogP contribution is 2.11. The molecule has 0 aliphatic carbocycles. The number of carbonyl (C=O) groups is 6. The van der Waals surface area contributed by atoms with Gasteiger partial charge in [0.15, 0.2) is 0 Å². The van der Waals surface area contributed by atoms with E-state index in [0.717, 1.165) is 0 Å².